The second-order valence-corrected chi connectivity index (χ2v) is 2.61. The average Bonchev–Trinajstić information content (AvgIpc) is 2.26. The summed E-state index contributed by atoms with van der Waals surface area (Å²) in [5, 5.41) is 13.6. The molecule has 0 amide bonds. The number of hydrogen-bond donors (Lipinski definition) is 0. The van der Waals surface area contributed by atoms with E-state index >= 15 is 0 Å². The predicted octanol–water partition coefficient (Wildman–Crippen LogP) is 2.40. The zero-order valence-corrected chi connectivity index (χ0v) is 7.92. The topological polar surface area (TPSA) is 91.9 Å². The Morgan fingerprint density at radius 1 is 1.62 bits per heavy atom. The number of hydrogen-bond acceptors (Lipinski definition) is 3. The Bertz CT molecular complexity index is 526. The van der Waals surface area contributed by atoms with E-state index in [0.717, 1.165) is 12.1 Å². The maximum absolute atomic E-state index is 12.9. The fourth-order valence-electron chi connectivity index (χ4n) is 0.939. The molecule has 0 fully saturated rings. The Kier molecular flexibility index (Phi) is 3.83. The van der Waals surface area contributed by atoms with Crippen LogP contribution < -0.4 is 0 Å². The zero-order valence-electron chi connectivity index (χ0n) is 7.92. The van der Waals surface area contributed by atoms with Crippen LogP contribution in [0.3, 0.4) is 0 Å². The maximum atomic E-state index is 12.9. The molecule has 6 nitrogen and oxygen atoms in total. The van der Waals surface area contributed by atoms with Crippen molar-refractivity contribution in [1.82, 2.24) is 0 Å². The molecule has 7 heteroatoms. The fourth-order valence-corrected chi connectivity index (χ4v) is 0.939. The van der Waals surface area contributed by atoms with Gasteiger partial charge in [-0.05, 0) is 17.7 Å². The van der Waals surface area contributed by atoms with Gasteiger partial charge in [0.25, 0.3) is 0 Å². The van der Waals surface area contributed by atoms with Crippen molar-refractivity contribution in [3.63, 3.8) is 0 Å². The van der Waals surface area contributed by atoms with Crippen LogP contribution in [0.4, 0.5) is 10.1 Å². The van der Waals surface area contributed by atoms with Crippen molar-refractivity contribution >= 4 is 5.69 Å². The van der Waals surface area contributed by atoms with E-state index in [1.807, 2.05) is 0 Å². The Hall–Kier alpha value is -2.58. The van der Waals surface area contributed by atoms with E-state index in [1.165, 1.54) is 6.07 Å². The lowest BCUT2D eigenvalue weighted by molar-refractivity contribution is -0.387. The summed E-state index contributed by atoms with van der Waals surface area (Å²) in [7, 11) is 0. The highest BCUT2D eigenvalue weighted by Crippen LogP contribution is 2.17. The number of rotatable bonds is 2. The van der Waals surface area contributed by atoms with E-state index in [2.05, 4.69) is 21.9 Å². The van der Waals surface area contributed by atoms with Crippen LogP contribution >= 0.6 is 0 Å². The average molecular weight is 220 g/mol. The first-order valence-electron chi connectivity index (χ1n) is 4.09. The highest BCUT2D eigenvalue weighted by molar-refractivity contribution is 5.44. The van der Waals surface area contributed by atoms with Gasteiger partial charge < -0.3 is 0 Å². The number of nitro benzene ring substituents is 1. The Labute approximate surface area is 89.5 Å². The van der Waals surface area contributed by atoms with Crippen molar-refractivity contribution in [2.24, 2.45) is 5.11 Å². The highest BCUT2D eigenvalue weighted by atomic mass is 19.1. The third kappa shape index (κ3) is 2.97. The monoisotopic (exact) mass is 220 g/mol. The first-order valence-corrected chi connectivity index (χ1v) is 4.09. The first kappa shape index (κ1) is 11.5. The van der Waals surface area contributed by atoms with Crippen molar-refractivity contribution < 1.29 is 9.31 Å². The summed E-state index contributed by atoms with van der Waals surface area (Å²) in [6.07, 6.45) is 0. The van der Waals surface area contributed by atoms with Crippen LogP contribution in [0.15, 0.2) is 23.3 Å². The fraction of sp³-hybridized carbons (Fsp3) is 0.111. The van der Waals surface area contributed by atoms with E-state index in [1.54, 1.807) is 0 Å². The molecule has 0 spiro atoms. The van der Waals surface area contributed by atoms with E-state index in [0.29, 0.717) is 5.56 Å². The lowest BCUT2D eigenvalue weighted by atomic mass is 10.2. The van der Waals surface area contributed by atoms with Crippen LogP contribution in [-0.4, -0.2) is 11.5 Å². The summed E-state index contributed by atoms with van der Waals surface area (Å²) in [5.41, 5.74) is 7.63. The zero-order chi connectivity index (χ0) is 12.0. The molecule has 0 aliphatic rings. The van der Waals surface area contributed by atoms with Gasteiger partial charge in [-0.15, -0.1) is 0 Å². The van der Waals surface area contributed by atoms with Gasteiger partial charge in [0.15, 0.2) is 0 Å². The molecule has 0 aliphatic carbocycles. The van der Waals surface area contributed by atoms with E-state index in [9.17, 15) is 14.5 Å². The molecule has 0 radical (unpaired) electrons. The molecule has 1 rings (SSSR count). The van der Waals surface area contributed by atoms with Gasteiger partial charge in [-0.2, -0.15) is 4.39 Å². The van der Waals surface area contributed by atoms with Gasteiger partial charge in [0, 0.05) is 16.5 Å². The number of azide groups is 1. The Morgan fingerprint density at radius 3 is 3.00 bits per heavy atom. The van der Waals surface area contributed by atoms with Gasteiger partial charge in [0.05, 0.1) is 11.5 Å². The molecule has 0 saturated heterocycles. The summed E-state index contributed by atoms with van der Waals surface area (Å²) >= 11 is 0. The summed E-state index contributed by atoms with van der Waals surface area (Å²) in [4.78, 5) is 12.1. The number of nitrogens with zero attached hydrogens (tertiary/aromatic N) is 4. The minimum Gasteiger partial charge on any atom is -0.258 e. The number of benzene rings is 1. The molecule has 0 aliphatic heterocycles. The van der Waals surface area contributed by atoms with Gasteiger partial charge in [0.2, 0.25) is 5.82 Å². The SMILES string of the molecule is [N-]=[N+]=NCC#Cc1ccc(F)c([N+](=O)[O-])c1. The summed E-state index contributed by atoms with van der Waals surface area (Å²) in [6.45, 7) is -0.0400. The van der Waals surface area contributed by atoms with E-state index in [4.69, 9.17) is 5.53 Å². The molecule has 16 heavy (non-hydrogen) atoms. The van der Waals surface area contributed by atoms with Crippen LogP contribution in [0.25, 0.3) is 10.4 Å². The van der Waals surface area contributed by atoms with Crippen LogP contribution in [0.5, 0.6) is 0 Å². The van der Waals surface area contributed by atoms with Gasteiger partial charge in [-0.3, -0.25) is 10.1 Å². The molecule has 0 bridgehead atoms. The van der Waals surface area contributed by atoms with Crippen LogP contribution in [0, 0.1) is 27.8 Å². The smallest absolute Gasteiger partial charge is 0.258 e. The molecule has 1 aromatic carbocycles. The van der Waals surface area contributed by atoms with E-state index in [-0.39, 0.29) is 6.54 Å². The molecule has 0 aromatic heterocycles. The second-order valence-electron chi connectivity index (χ2n) is 2.61. The summed E-state index contributed by atoms with van der Waals surface area (Å²) < 4.78 is 12.9. The molecule has 0 unspecified atom stereocenters. The molecule has 0 saturated carbocycles. The summed E-state index contributed by atoms with van der Waals surface area (Å²) in [5.74, 6) is 4.08. The molecule has 0 atom stereocenters. The van der Waals surface area contributed by atoms with Gasteiger partial charge in [-0.25, -0.2) is 0 Å². The molecular formula is C9H5FN4O2. The normalized spacial score (nSPS) is 8.56. The third-order valence-corrected chi connectivity index (χ3v) is 1.59. The molecule has 80 valence electrons. The van der Waals surface area contributed by atoms with Crippen molar-refractivity contribution in [2.45, 2.75) is 0 Å². The van der Waals surface area contributed by atoms with E-state index < -0.39 is 16.4 Å². The highest BCUT2D eigenvalue weighted by Gasteiger charge is 2.13. The van der Waals surface area contributed by atoms with Crippen molar-refractivity contribution in [3.8, 4) is 11.8 Å². The second kappa shape index (κ2) is 5.34. The lowest BCUT2D eigenvalue weighted by Gasteiger charge is -1.94. The number of halogens is 1. The van der Waals surface area contributed by atoms with Crippen molar-refractivity contribution in [3.05, 3.63) is 50.1 Å². The molecule has 1 aromatic rings. The minimum atomic E-state index is -0.911. The quantitative estimate of drug-likeness (QED) is 0.191. The van der Waals surface area contributed by atoms with Gasteiger partial charge in [-0.1, -0.05) is 17.0 Å². The van der Waals surface area contributed by atoms with Crippen molar-refractivity contribution in [1.29, 1.82) is 0 Å². The van der Waals surface area contributed by atoms with Gasteiger partial charge in [0.1, 0.15) is 0 Å². The molecular weight excluding hydrogens is 215 g/mol. The van der Waals surface area contributed by atoms with Crippen LogP contribution in [0.1, 0.15) is 5.56 Å². The van der Waals surface area contributed by atoms with Crippen LogP contribution in [-0.2, 0) is 0 Å². The molecule has 0 heterocycles. The summed E-state index contributed by atoms with van der Waals surface area (Å²) in [6, 6.07) is 3.31. The maximum Gasteiger partial charge on any atom is 0.306 e. The lowest BCUT2D eigenvalue weighted by Crippen LogP contribution is -1.92. The third-order valence-electron chi connectivity index (χ3n) is 1.59. The Balaban J connectivity index is 2.97. The van der Waals surface area contributed by atoms with Gasteiger partial charge >= 0.3 is 5.69 Å². The first-order chi connectivity index (χ1) is 7.65. The minimum absolute atomic E-state index is 0.0400. The Morgan fingerprint density at radius 2 is 2.38 bits per heavy atom. The standard InChI is InChI=1S/C9H5FN4O2/c10-8-4-3-7(2-1-5-12-13-11)6-9(8)14(15)16/h3-4,6H,5H2. The van der Waals surface area contributed by atoms with Crippen molar-refractivity contribution in [2.75, 3.05) is 6.54 Å². The predicted molar refractivity (Wildman–Crippen MR) is 53.9 cm³/mol. The molecule has 0 N–H and O–H groups in total. The van der Waals surface area contributed by atoms with Crippen LogP contribution in [0.2, 0.25) is 0 Å². The largest absolute Gasteiger partial charge is 0.306 e. The number of nitro groups is 1.